The molecule has 2 amide bonds. The molecule has 2 atom stereocenters. The van der Waals surface area contributed by atoms with Gasteiger partial charge in [-0.1, -0.05) is 30.7 Å². The lowest BCUT2D eigenvalue weighted by Crippen LogP contribution is -2.53. The Balaban J connectivity index is 1.98. The SMILES string of the molecule is Cc1ccc(-c2cccc(C)n2)c(C(=O)N2CCC[C@@H](C)[C@H]2CNC(=O)O)c1. The van der Waals surface area contributed by atoms with Crippen LogP contribution in [0.4, 0.5) is 4.79 Å². The van der Waals surface area contributed by atoms with E-state index < -0.39 is 6.09 Å². The molecule has 0 aliphatic carbocycles. The highest BCUT2D eigenvalue weighted by molar-refractivity contribution is 6.01. The molecule has 0 saturated carbocycles. The van der Waals surface area contributed by atoms with Crippen LogP contribution in [0.5, 0.6) is 0 Å². The van der Waals surface area contributed by atoms with E-state index in [2.05, 4.69) is 17.2 Å². The van der Waals surface area contributed by atoms with Gasteiger partial charge in [0.2, 0.25) is 0 Å². The van der Waals surface area contributed by atoms with Crippen LogP contribution >= 0.6 is 0 Å². The van der Waals surface area contributed by atoms with Crippen LogP contribution in [0.3, 0.4) is 0 Å². The molecule has 2 aromatic rings. The topological polar surface area (TPSA) is 82.5 Å². The lowest BCUT2D eigenvalue weighted by Gasteiger charge is -2.40. The van der Waals surface area contributed by atoms with E-state index in [0.29, 0.717) is 12.1 Å². The van der Waals surface area contributed by atoms with Crippen molar-refractivity contribution in [3.8, 4) is 11.3 Å². The molecule has 6 nitrogen and oxygen atoms in total. The highest BCUT2D eigenvalue weighted by Gasteiger charge is 2.33. The van der Waals surface area contributed by atoms with Gasteiger partial charge in [0.05, 0.1) is 11.7 Å². The number of carbonyl (C=O) groups is 2. The first kappa shape index (κ1) is 19.9. The van der Waals surface area contributed by atoms with Crippen LogP contribution in [-0.2, 0) is 0 Å². The number of aryl methyl sites for hydroxylation is 2. The average molecular weight is 381 g/mol. The summed E-state index contributed by atoms with van der Waals surface area (Å²) in [7, 11) is 0. The lowest BCUT2D eigenvalue weighted by molar-refractivity contribution is 0.0515. The van der Waals surface area contributed by atoms with Gasteiger partial charge in [-0.25, -0.2) is 4.79 Å². The number of nitrogens with one attached hydrogen (secondary N) is 1. The minimum atomic E-state index is -1.06. The van der Waals surface area contributed by atoms with Crippen LogP contribution in [-0.4, -0.2) is 46.1 Å². The number of carboxylic acid groups (broad SMARTS) is 1. The fourth-order valence-corrected chi connectivity index (χ4v) is 3.91. The molecule has 1 aromatic heterocycles. The molecule has 0 radical (unpaired) electrons. The van der Waals surface area contributed by atoms with E-state index in [1.54, 1.807) is 0 Å². The third-order valence-electron chi connectivity index (χ3n) is 5.41. The van der Waals surface area contributed by atoms with Gasteiger partial charge >= 0.3 is 6.09 Å². The van der Waals surface area contributed by atoms with Crippen molar-refractivity contribution in [3.05, 3.63) is 53.2 Å². The van der Waals surface area contributed by atoms with E-state index in [9.17, 15) is 9.59 Å². The second kappa shape index (κ2) is 8.42. The summed E-state index contributed by atoms with van der Waals surface area (Å²) in [6.07, 6.45) is 0.835. The number of amides is 2. The molecule has 1 saturated heterocycles. The highest BCUT2D eigenvalue weighted by Crippen LogP contribution is 2.29. The molecule has 2 heterocycles. The van der Waals surface area contributed by atoms with Gasteiger partial charge in [-0.15, -0.1) is 0 Å². The number of hydrogen-bond donors (Lipinski definition) is 2. The molecule has 0 spiro atoms. The van der Waals surface area contributed by atoms with Crippen molar-refractivity contribution >= 4 is 12.0 Å². The number of pyridine rings is 1. The second-order valence-electron chi connectivity index (χ2n) is 7.58. The number of nitrogens with zero attached hydrogens (tertiary/aromatic N) is 2. The first-order chi connectivity index (χ1) is 13.4. The third kappa shape index (κ3) is 4.32. The van der Waals surface area contributed by atoms with E-state index in [4.69, 9.17) is 5.11 Å². The maximum absolute atomic E-state index is 13.6. The van der Waals surface area contributed by atoms with Gasteiger partial charge in [0, 0.05) is 29.9 Å². The van der Waals surface area contributed by atoms with Gasteiger partial charge < -0.3 is 15.3 Å². The molecular weight excluding hydrogens is 354 g/mol. The number of aromatic nitrogens is 1. The summed E-state index contributed by atoms with van der Waals surface area (Å²) < 4.78 is 0. The minimum absolute atomic E-state index is 0.0641. The van der Waals surface area contributed by atoms with Crippen molar-refractivity contribution < 1.29 is 14.7 Å². The maximum Gasteiger partial charge on any atom is 0.404 e. The zero-order valence-corrected chi connectivity index (χ0v) is 16.6. The highest BCUT2D eigenvalue weighted by atomic mass is 16.4. The summed E-state index contributed by atoms with van der Waals surface area (Å²) in [6, 6.07) is 11.5. The van der Waals surface area contributed by atoms with Crippen molar-refractivity contribution in [2.75, 3.05) is 13.1 Å². The van der Waals surface area contributed by atoms with Crippen LogP contribution in [0.25, 0.3) is 11.3 Å². The van der Waals surface area contributed by atoms with Gasteiger partial charge in [-0.3, -0.25) is 9.78 Å². The van der Waals surface area contributed by atoms with E-state index in [-0.39, 0.29) is 24.4 Å². The molecular formula is C22H27N3O3. The van der Waals surface area contributed by atoms with Crippen LogP contribution in [0.1, 0.15) is 41.4 Å². The Hall–Kier alpha value is -2.89. The molecule has 6 heteroatoms. The van der Waals surface area contributed by atoms with Crippen LogP contribution < -0.4 is 5.32 Å². The predicted octanol–water partition coefficient (Wildman–Crippen LogP) is 3.87. The normalized spacial score (nSPS) is 19.3. The molecule has 0 unspecified atom stereocenters. The molecule has 1 aliphatic rings. The minimum Gasteiger partial charge on any atom is -0.465 e. The number of hydrogen-bond acceptors (Lipinski definition) is 3. The zero-order chi connectivity index (χ0) is 20.3. The van der Waals surface area contributed by atoms with Gasteiger partial charge in [-0.05, 0) is 50.8 Å². The van der Waals surface area contributed by atoms with E-state index in [0.717, 1.165) is 35.4 Å². The third-order valence-corrected chi connectivity index (χ3v) is 5.41. The Labute approximate surface area is 165 Å². The molecule has 1 fully saturated rings. The van der Waals surface area contributed by atoms with Crippen molar-refractivity contribution in [2.24, 2.45) is 5.92 Å². The molecule has 3 rings (SSSR count). The molecule has 28 heavy (non-hydrogen) atoms. The Morgan fingerprint density at radius 2 is 2.04 bits per heavy atom. The van der Waals surface area contributed by atoms with Gasteiger partial charge in [0.25, 0.3) is 5.91 Å². The Morgan fingerprint density at radius 1 is 1.25 bits per heavy atom. The quantitative estimate of drug-likeness (QED) is 0.842. The first-order valence-electron chi connectivity index (χ1n) is 9.69. The van der Waals surface area contributed by atoms with E-state index in [1.807, 2.05) is 55.1 Å². The molecule has 1 aliphatic heterocycles. The maximum atomic E-state index is 13.6. The summed E-state index contributed by atoms with van der Waals surface area (Å²) >= 11 is 0. The molecule has 1 aromatic carbocycles. The summed E-state index contributed by atoms with van der Waals surface area (Å²) in [5.74, 6) is 0.167. The molecule has 0 bridgehead atoms. The summed E-state index contributed by atoms with van der Waals surface area (Å²) in [4.78, 5) is 31.0. The fraction of sp³-hybridized carbons (Fsp3) is 0.409. The van der Waals surface area contributed by atoms with Crippen molar-refractivity contribution in [1.82, 2.24) is 15.2 Å². The van der Waals surface area contributed by atoms with Crippen molar-refractivity contribution in [2.45, 2.75) is 39.7 Å². The van der Waals surface area contributed by atoms with Gasteiger partial charge in [0.15, 0.2) is 0 Å². The number of rotatable bonds is 4. The number of piperidine rings is 1. The number of benzene rings is 1. The molecule has 148 valence electrons. The van der Waals surface area contributed by atoms with Crippen LogP contribution in [0.15, 0.2) is 36.4 Å². The lowest BCUT2D eigenvalue weighted by atomic mass is 9.89. The predicted molar refractivity (Wildman–Crippen MR) is 108 cm³/mol. The largest absolute Gasteiger partial charge is 0.465 e. The van der Waals surface area contributed by atoms with Gasteiger partial charge in [0.1, 0.15) is 0 Å². The Kier molecular flexibility index (Phi) is 5.97. The monoisotopic (exact) mass is 381 g/mol. The zero-order valence-electron chi connectivity index (χ0n) is 16.6. The summed E-state index contributed by atoms with van der Waals surface area (Å²) in [5.41, 5.74) is 4.10. The number of likely N-dealkylation sites (tertiary alicyclic amines) is 1. The van der Waals surface area contributed by atoms with E-state index in [1.165, 1.54) is 0 Å². The van der Waals surface area contributed by atoms with Crippen molar-refractivity contribution in [3.63, 3.8) is 0 Å². The van der Waals surface area contributed by atoms with Crippen LogP contribution in [0, 0.1) is 19.8 Å². The fourth-order valence-electron chi connectivity index (χ4n) is 3.91. The first-order valence-corrected chi connectivity index (χ1v) is 9.69. The molecule has 2 N–H and O–H groups in total. The smallest absolute Gasteiger partial charge is 0.404 e. The van der Waals surface area contributed by atoms with E-state index >= 15 is 0 Å². The summed E-state index contributed by atoms with van der Waals surface area (Å²) in [6.45, 7) is 6.84. The van der Waals surface area contributed by atoms with Gasteiger partial charge in [-0.2, -0.15) is 0 Å². The average Bonchev–Trinajstić information content (AvgIpc) is 2.66. The van der Waals surface area contributed by atoms with Crippen LogP contribution in [0.2, 0.25) is 0 Å². The standard InChI is InChI=1S/C22H27N3O3/c1-14-9-10-17(19-8-4-7-16(3)24-19)18(12-14)21(26)25-11-5-6-15(2)20(25)13-23-22(27)28/h4,7-10,12,15,20,23H,5-6,11,13H2,1-3H3,(H,27,28)/t15-,20-/m1/s1. The Bertz CT molecular complexity index is 881. The summed E-state index contributed by atoms with van der Waals surface area (Å²) in [5, 5.41) is 11.5. The van der Waals surface area contributed by atoms with Crippen molar-refractivity contribution in [1.29, 1.82) is 0 Å². The second-order valence-corrected chi connectivity index (χ2v) is 7.58. The number of carbonyl (C=O) groups excluding carboxylic acids is 1. The Morgan fingerprint density at radius 3 is 2.75 bits per heavy atom.